The Bertz CT molecular complexity index is 705. The van der Waals surface area contributed by atoms with E-state index in [1.165, 1.54) is 0 Å². The summed E-state index contributed by atoms with van der Waals surface area (Å²) in [5.41, 5.74) is 7.02. The van der Waals surface area contributed by atoms with Crippen molar-refractivity contribution < 1.29 is 9.53 Å². The second-order valence-electron chi connectivity index (χ2n) is 5.39. The Labute approximate surface area is 158 Å². The van der Waals surface area contributed by atoms with Crippen LogP contribution in [0.1, 0.15) is 19.8 Å². The summed E-state index contributed by atoms with van der Waals surface area (Å²) in [5.74, 6) is 1.69. The van der Waals surface area contributed by atoms with Gasteiger partial charge < -0.3 is 10.1 Å². The summed E-state index contributed by atoms with van der Waals surface area (Å²) in [6.07, 6.45) is 2.18. The molecule has 0 bridgehead atoms. The maximum absolute atomic E-state index is 12.0. The fourth-order valence-corrected chi connectivity index (χ4v) is 2.90. The number of rotatable bonds is 6. The molecule has 0 spiro atoms. The van der Waals surface area contributed by atoms with Gasteiger partial charge in [-0.15, -0.1) is 0 Å². The number of benzene rings is 2. The quantitative estimate of drug-likeness (QED) is 0.301. The number of para-hydroxylation sites is 1. The average Bonchev–Trinajstić information content (AvgIpc) is 2.67. The van der Waals surface area contributed by atoms with E-state index in [-0.39, 0.29) is 6.03 Å². The number of thioether (sulfide) groups is 1. The van der Waals surface area contributed by atoms with E-state index in [4.69, 9.17) is 4.74 Å². The van der Waals surface area contributed by atoms with Gasteiger partial charge in [-0.1, -0.05) is 43.3 Å². The van der Waals surface area contributed by atoms with Crippen LogP contribution in [0.2, 0.25) is 0 Å². The zero-order chi connectivity index (χ0) is 18.6. The molecule has 0 heterocycles. The largest absolute Gasteiger partial charge is 0.497 e. The minimum absolute atomic E-state index is 0.352. The molecule has 2 rings (SSSR count). The summed E-state index contributed by atoms with van der Waals surface area (Å²) in [6.45, 7) is 2.14. The van der Waals surface area contributed by atoms with Crippen molar-refractivity contribution in [2.24, 2.45) is 4.99 Å². The summed E-state index contributed by atoms with van der Waals surface area (Å²) in [7, 11) is 1.63. The van der Waals surface area contributed by atoms with Gasteiger partial charge in [-0.3, -0.25) is 5.43 Å². The highest BCUT2D eigenvalue weighted by atomic mass is 32.2. The Morgan fingerprint density at radius 1 is 1.08 bits per heavy atom. The lowest BCUT2D eigenvalue weighted by molar-refractivity contribution is 0.250. The molecule has 0 aliphatic rings. The SMILES string of the molecule is CCCCSC(=Nc1ccc(OC)cc1)NNC(=O)Nc1ccccc1. The second kappa shape index (κ2) is 11.0. The van der Waals surface area contributed by atoms with Gasteiger partial charge in [0.15, 0.2) is 5.17 Å². The van der Waals surface area contributed by atoms with E-state index < -0.39 is 0 Å². The third-order valence-corrected chi connectivity index (χ3v) is 4.31. The molecule has 0 radical (unpaired) electrons. The summed E-state index contributed by atoms with van der Waals surface area (Å²) in [5, 5.41) is 3.38. The van der Waals surface area contributed by atoms with Crippen LogP contribution < -0.4 is 20.9 Å². The lowest BCUT2D eigenvalue weighted by Gasteiger charge is -2.12. The van der Waals surface area contributed by atoms with Gasteiger partial charge in [-0.25, -0.2) is 15.2 Å². The highest BCUT2D eigenvalue weighted by Crippen LogP contribution is 2.19. The van der Waals surface area contributed by atoms with E-state index in [1.54, 1.807) is 18.9 Å². The van der Waals surface area contributed by atoms with E-state index >= 15 is 0 Å². The van der Waals surface area contributed by atoms with Crippen LogP contribution in [0.5, 0.6) is 5.75 Å². The molecular weight excluding hydrogens is 348 g/mol. The van der Waals surface area contributed by atoms with Crippen LogP contribution in [0.3, 0.4) is 0 Å². The lowest BCUT2D eigenvalue weighted by atomic mass is 10.3. The molecule has 0 aliphatic heterocycles. The summed E-state index contributed by atoms with van der Waals surface area (Å²) in [6, 6.07) is 16.3. The van der Waals surface area contributed by atoms with Gasteiger partial charge in [0.2, 0.25) is 0 Å². The van der Waals surface area contributed by atoms with Crippen LogP contribution in [-0.4, -0.2) is 24.1 Å². The van der Waals surface area contributed by atoms with Crippen molar-refractivity contribution in [2.75, 3.05) is 18.2 Å². The fraction of sp³-hybridized carbons (Fsp3) is 0.263. The zero-order valence-electron chi connectivity index (χ0n) is 15.0. The number of nitrogens with one attached hydrogen (secondary N) is 3. The molecule has 2 aromatic carbocycles. The first-order valence-corrected chi connectivity index (χ1v) is 9.43. The maximum Gasteiger partial charge on any atom is 0.337 e. The van der Waals surface area contributed by atoms with Gasteiger partial charge >= 0.3 is 6.03 Å². The zero-order valence-corrected chi connectivity index (χ0v) is 15.8. The molecule has 3 N–H and O–H groups in total. The highest BCUT2D eigenvalue weighted by molar-refractivity contribution is 8.13. The molecule has 2 aromatic rings. The van der Waals surface area contributed by atoms with Crippen LogP contribution in [0, 0.1) is 0 Å². The van der Waals surface area contributed by atoms with Gasteiger partial charge in [-0.05, 0) is 42.8 Å². The topological polar surface area (TPSA) is 74.8 Å². The number of urea groups is 1. The number of hydrazine groups is 1. The van der Waals surface area contributed by atoms with Gasteiger partial charge in [0.05, 0.1) is 12.8 Å². The molecule has 0 atom stereocenters. The molecular formula is C19H24N4O2S. The number of unbranched alkanes of at least 4 members (excludes halogenated alkanes) is 1. The number of amidine groups is 1. The minimum atomic E-state index is -0.352. The molecule has 2 amide bonds. The van der Waals surface area contributed by atoms with Crippen molar-refractivity contribution in [3.05, 3.63) is 54.6 Å². The van der Waals surface area contributed by atoms with Crippen LogP contribution in [-0.2, 0) is 0 Å². The smallest absolute Gasteiger partial charge is 0.337 e. The second-order valence-corrected chi connectivity index (χ2v) is 6.47. The Morgan fingerprint density at radius 2 is 1.81 bits per heavy atom. The minimum Gasteiger partial charge on any atom is -0.497 e. The summed E-state index contributed by atoms with van der Waals surface area (Å²) >= 11 is 1.56. The molecule has 0 aromatic heterocycles. The number of carbonyl (C=O) groups is 1. The third kappa shape index (κ3) is 7.06. The Balaban J connectivity index is 1.96. The third-order valence-electron chi connectivity index (χ3n) is 3.35. The predicted molar refractivity (Wildman–Crippen MR) is 109 cm³/mol. The van der Waals surface area contributed by atoms with Crippen molar-refractivity contribution in [2.45, 2.75) is 19.8 Å². The van der Waals surface area contributed by atoms with E-state index in [9.17, 15) is 4.79 Å². The molecule has 138 valence electrons. The number of anilines is 1. The van der Waals surface area contributed by atoms with Crippen molar-refractivity contribution in [3.63, 3.8) is 0 Å². The van der Waals surface area contributed by atoms with Crippen molar-refractivity contribution in [1.82, 2.24) is 10.9 Å². The number of amides is 2. The fourth-order valence-electron chi connectivity index (χ4n) is 1.98. The molecule has 0 unspecified atom stereocenters. The Kier molecular flexibility index (Phi) is 8.35. The van der Waals surface area contributed by atoms with Crippen LogP contribution >= 0.6 is 11.8 Å². The monoisotopic (exact) mass is 372 g/mol. The normalized spacial score (nSPS) is 10.9. The van der Waals surface area contributed by atoms with Crippen LogP contribution in [0.4, 0.5) is 16.2 Å². The van der Waals surface area contributed by atoms with Crippen LogP contribution in [0.25, 0.3) is 0 Å². The van der Waals surface area contributed by atoms with E-state index in [1.807, 2.05) is 54.6 Å². The van der Waals surface area contributed by atoms with Crippen molar-refractivity contribution in [1.29, 1.82) is 0 Å². The van der Waals surface area contributed by atoms with Crippen molar-refractivity contribution in [3.8, 4) is 5.75 Å². The number of hydrogen-bond donors (Lipinski definition) is 3. The molecule has 0 saturated carbocycles. The number of methoxy groups -OCH3 is 1. The first-order valence-electron chi connectivity index (χ1n) is 8.45. The van der Waals surface area contributed by atoms with Gasteiger partial charge in [-0.2, -0.15) is 0 Å². The Hall–Kier alpha value is -2.67. The van der Waals surface area contributed by atoms with Gasteiger partial charge in [0.1, 0.15) is 5.75 Å². The van der Waals surface area contributed by atoms with E-state index in [0.29, 0.717) is 5.17 Å². The van der Waals surface area contributed by atoms with Gasteiger partial charge in [0, 0.05) is 11.4 Å². The standard InChI is InChI=1S/C19H24N4O2S/c1-3-4-14-26-19(21-16-10-12-17(25-2)13-11-16)23-22-18(24)20-15-8-6-5-7-9-15/h5-13H,3-4,14H2,1-2H3,(H,21,23)(H2,20,22,24). The molecule has 6 nitrogen and oxygen atoms in total. The van der Waals surface area contributed by atoms with E-state index in [2.05, 4.69) is 28.1 Å². The number of aliphatic imine (C=N–C) groups is 1. The summed E-state index contributed by atoms with van der Waals surface area (Å²) in [4.78, 5) is 16.6. The first kappa shape index (κ1) is 19.7. The molecule has 0 fully saturated rings. The first-order chi connectivity index (χ1) is 12.7. The Morgan fingerprint density at radius 3 is 2.46 bits per heavy atom. The van der Waals surface area contributed by atoms with E-state index in [0.717, 1.165) is 35.7 Å². The number of ether oxygens (including phenoxy) is 1. The number of carbonyl (C=O) groups excluding carboxylic acids is 1. The molecule has 26 heavy (non-hydrogen) atoms. The number of nitrogens with zero attached hydrogens (tertiary/aromatic N) is 1. The van der Waals surface area contributed by atoms with Crippen molar-refractivity contribution >= 4 is 34.3 Å². The van der Waals surface area contributed by atoms with Crippen LogP contribution in [0.15, 0.2) is 59.6 Å². The molecule has 7 heteroatoms. The maximum atomic E-state index is 12.0. The van der Waals surface area contributed by atoms with Gasteiger partial charge in [0.25, 0.3) is 0 Å². The number of hydrogen-bond acceptors (Lipinski definition) is 4. The predicted octanol–water partition coefficient (Wildman–Crippen LogP) is 4.54. The summed E-state index contributed by atoms with van der Waals surface area (Å²) < 4.78 is 5.15. The average molecular weight is 372 g/mol. The molecule has 0 saturated heterocycles. The lowest BCUT2D eigenvalue weighted by Crippen LogP contribution is -2.43. The molecule has 0 aliphatic carbocycles. The highest BCUT2D eigenvalue weighted by Gasteiger charge is 2.05.